The quantitative estimate of drug-likeness (QED) is 0.899. The number of rotatable bonds is 2. The predicted octanol–water partition coefficient (Wildman–Crippen LogP) is 2.43. The standard InChI is InChI=1S/C14H18F2N2.ClH/c15-13-1-2-14(16)11(5-13)8-18-4-3-10-6-17-7-12(10)9-18;/h1-2,5,10,12,17H,3-4,6-9H2;1H. The van der Waals surface area contributed by atoms with Crippen LogP contribution >= 0.6 is 12.4 Å². The van der Waals surface area contributed by atoms with Gasteiger partial charge >= 0.3 is 0 Å². The summed E-state index contributed by atoms with van der Waals surface area (Å²) in [4.78, 5) is 2.24. The van der Waals surface area contributed by atoms with Gasteiger partial charge in [-0.15, -0.1) is 12.4 Å². The second kappa shape index (κ2) is 6.16. The number of halogens is 3. The Hall–Kier alpha value is -0.710. The molecule has 1 N–H and O–H groups in total. The summed E-state index contributed by atoms with van der Waals surface area (Å²) in [5, 5.41) is 3.41. The van der Waals surface area contributed by atoms with Crippen molar-refractivity contribution in [2.45, 2.75) is 13.0 Å². The Bertz CT molecular complexity index is 441. The zero-order chi connectivity index (χ0) is 12.5. The van der Waals surface area contributed by atoms with Crippen LogP contribution < -0.4 is 5.32 Å². The molecule has 19 heavy (non-hydrogen) atoms. The molecule has 2 nitrogen and oxygen atoms in total. The molecular weight excluding hydrogens is 270 g/mol. The van der Waals surface area contributed by atoms with Crippen LogP contribution in [0, 0.1) is 23.5 Å². The summed E-state index contributed by atoms with van der Waals surface area (Å²) in [6.07, 6.45) is 1.16. The van der Waals surface area contributed by atoms with Crippen molar-refractivity contribution in [3.63, 3.8) is 0 Å². The van der Waals surface area contributed by atoms with E-state index in [0.29, 0.717) is 18.0 Å². The topological polar surface area (TPSA) is 15.3 Å². The van der Waals surface area contributed by atoms with E-state index in [4.69, 9.17) is 0 Å². The smallest absolute Gasteiger partial charge is 0.127 e. The van der Waals surface area contributed by atoms with Crippen LogP contribution in [0.1, 0.15) is 12.0 Å². The molecule has 0 spiro atoms. The number of benzene rings is 1. The van der Waals surface area contributed by atoms with Crippen molar-refractivity contribution in [3.05, 3.63) is 35.4 Å². The molecule has 2 aliphatic rings. The normalized spacial score (nSPS) is 26.8. The molecule has 2 saturated heterocycles. The van der Waals surface area contributed by atoms with Crippen molar-refractivity contribution < 1.29 is 8.78 Å². The van der Waals surface area contributed by atoms with Gasteiger partial charge in [-0.05, 0) is 56.1 Å². The SMILES string of the molecule is Cl.Fc1ccc(F)c(CN2CCC3CNCC3C2)c1. The van der Waals surface area contributed by atoms with Gasteiger partial charge in [-0.2, -0.15) is 0 Å². The lowest BCUT2D eigenvalue weighted by Crippen LogP contribution is -2.39. The van der Waals surface area contributed by atoms with Crippen LogP contribution in [-0.2, 0) is 6.54 Å². The van der Waals surface area contributed by atoms with Crippen LogP contribution in [0.15, 0.2) is 18.2 Å². The van der Waals surface area contributed by atoms with Crippen LogP contribution in [-0.4, -0.2) is 31.1 Å². The molecular formula is C14H19ClF2N2. The fourth-order valence-electron chi connectivity index (χ4n) is 3.16. The molecule has 0 bridgehead atoms. The van der Waals surface area contributed by atoms with Gasteiger partial charge in [-0.3, -0.25) is 4.90 Å². The van der Waals surface area contributed by atoms with Gasteiger partial charge in [0.1, 0.15) is 11.6 Å². The van der Waals surface area contributed by atoms with E-state index in [9.17, 15) is 8.78 Å². The maximum Gasteiger partial charge on any atom is 0.127 e. The van der Waals surface area contributed by atoms with Crippen molar-refractivity contribution in [1.82, 2.24) is 10.2 Å². The van der Waals surface area contributed by atoms with Gasteiger partial charge in [0.15, 0.2) is 0 Å². The van der Waals surface area contributed by atoms with Gasteiger partial charge in [0.2, 0.25) is 0 Å². The Morgan fingerprint density at radius 3 is 2.84 bits per heavy atom. The highest BCUT2D eigenvalue weighted by Crippen LogP contribution is 2.27. The first-order valence-corrected chi connectivity index (χ1v) is 6.59. The van der Waals surface area contributed by atoms with Gasteiger partial charge in [-0.1, -0.05) is 0 Å². The zero-order valence-corrected chi connectivity index (χ0v) is 11.6. The minimum atomic E-state index is -0.358. The molecule has 2 heterocycles. The minimum Gasteiger partial charge on any atom is -0.316 e. The van der Waals surface area contributed by atoms with Crippen molar-refractivity contribution >= 4 is 12.4 Å². The highest BCUT2D eigenvalue weighted by Gasteiger charge is 2.32. The summed E-state index contributed by atoms with van der Waals surface area (Å²) in [5.74, 6) is 0.792. The van der Waals surface area contributed by atoms with E-state index in [-0.39, 0.29) is 24.0 Å². The van der Waals surface area contributed by atoms with Crippen LogP contribution in [0.5, 0.6) is 0 Å². The van der Waals surface area contributed by atoms with Crippen molar-refractivity contribution in [3.8, 4) is 0 Å². The van der Waals surface area contributed by atoms with E-state index in [0.717, 1.165) is 38.5 Å². The third kappa shape index (κ3) is 3.25. The second-order valence-corrected chi connectivity index (χ2v) is 5.44. The lowest BCUT2D eigenvalue weighted by molar-refractivity contribution is 0.141. The van der Waals surface area contributed by atoms with E-state index in [2.05, 4.69) is 10.2 Å². The fourth-order valence-corrected chi connectivity index (χ4v) is 3.16. The predicted molar refractivity (Wildman–Crippen MR) is 73.3 cm³/mol. The van der Waals surface area contributed by atoms with E-state index in [1.54, 1.807) is 0 Å². The largest absolute Gasteiger partial charge is 0.316 e. The molecule has 0 saturated carbocycles. The van der Waals surface area contributed by atoms with Crippen LogP contribution in [0.3, 0.4) is 0 Å². The van der Waals surface area contributed by atoms with Crippen molar-refractivity contribution in [2.24, 2.45) is 11.8 Å². The summed E-state index contributed by atoms with van der Waals surface area (Å²) in [6, 6.07) is 3.70. The number of hydrogen-bond donors (Lipinski definition) is 1. The van der Waals surface area contributed by atoms with E-state index in [1.165, 1.54) is 18.2 Å². The van der Waals surface area contributed by atoms with Gasteiger partial charge in [-0.25, -0.2) is 8.78 Å². The lowest BCUT2D eigenvalue weighted by Gasteiger charge is -2.34. The Balaban J connectivity index is 0.00000133. The zero-order valence-electron chi connectivity index (χ0n) is 10.7. The highest BCUT2D eigenvalue weighted by atomic mass is 35.5. The molecule has 1 aromatic rings. The fraction of sp³-hybridized carbons (Fsp3) is 0.571. The van der Waals surface area contributed by atoms with Crippen LogP contribution in [0.2, 0.25) is 0 Å². The number of nitrogens with zero attached hydrogens (tertiary/aromatic N) is 1. The number of nitrogens with one attached hydrogen (secondary N) is 1. The highest BCUT2D eigenvalue weighted by molar-refractivity contribution is 5.85. The summed E-state index contributed by atoms with van der Waals surface area (Å²) in [5.41, 5.74) is 0.472. The molecule has 0 amide bonds. The Labute approximate surface area is 118 Å². The summed E-state index contributed by atoms with van der Waals surface area (Å²) >= 11 is 0. The molecule has 0 aliphatic carbocycles. The first-order valence-electron chi connectivity index (χ1n) is 6.59. The summed E-state index contributed by atoms with van der Waals surface area (Å²) in [7, 11) is 0. The molecule has 2 unspecified atom stereocenters. The number of piperidine rings is 1. The monoisotopic (exact) mass is 288 g/mol. The van der Waals surface area contributed by atoms with E-state index < -0.39 is 0 Å². The van der Waals surface area contributed by atoms with E-state index in [1.807, 2.05) is 0 Å². The third-order valence-electron chi connectivity index (χ3n) is 4.19. The van der Waals surface area contributed by atoms with Crippen molar-refractivity contribution in [1.29, 1.82) is 0 Å². The number of fused-ring (bicyclic) bond motifs is 1. The molecule has 0 aromatic heterocycles. The minimum absolute atomic E-state index is 0. The molecule has 3 rings (SSSR count). The van der Waals surface area contributed by atoms with Gasteiger partial charge < -0.3 is 5.32 Å². The lowest BCUT2D eigenvalue weighted by atomic mass is 9.88. The average Bonchev–Trinajstić information content (AvgIpc) is 2.81. The molecule has 2 aliphatic heterocycles. The average molecular weight is 289 g/mol. The van der Waals surface area contributed by atoms with Gasteiger partial charge in [0, 0.05) is 18.7 Å². The Morgan fingerprint density at radius 2 is 2.00 bits per heavy atom. The molecule has 2 fully saturated rings. The molecule has 1 aromatic carbocycles. The molecule has 5 heteroatoms. The first kappa shape index (κ1) is 14.7. The summed E-state index contributed by atoms with van der Waals surface area (Å²) < 4.78 is 26.7. The third-order valence-corrected chi connectivity index (χ3v) is 4.19. The van der Waals surface area contributed by atoms with Gasteiger partial charge in [0.25, 0.3) is 0 Å². The first-order chi connectivity index (χ1) is 8.72. The van der Waals surface area contributed by atoms with Crippen LogP contribution in [0.4, 0.5) is 8.78 Å². The summed E-state index contributed by atoms with van der Waals surface area (Å²) in [6.45, 7) is 4.68. The van der Waals surface area contributed by atoms with Crippen LogP contribution in [0.25, 0.3) is 0 Å². The maximum absolute atomic E-state index is 13.6. The molecule has 0 radical (unpaired) electrons. The van der Waals surface area contributed by atoms with E-state index >= 15 is 0 Å². The number of hydrogen-bond acceptors (Lipinski definition) is 2. The molecule has 106 valence electrons. The Kier molecular flexibility index (Phi) is 4.76. The molecule has 2 atom stereocenters. The van der Waals surface area contributed by atoms with Crippen molar-refractivity contribution in [2.75, 3.05) is 26.2 Å². The second-order valence-electron chi connectivity index (χ2n) is 5.44. The number of likely N-dealkylation sites (tertiary alicyclic amines) is 1. The maximum atomic E-state index is 13.6. The van der Waals surface area contributed by atoms with Gasteiger partial charge in [0.05, 0.1) is 0 Å². The Morgan fingerprint density at radius 1 is 1.21 bits per heavy atom.